The van der Waals surface area contributed by atoms with E-state index in [1.807, 2.05) is 43.3 Å². The highest BCUT2D eigenvalue weighted by molar-refractivity contribution is 5.67. The maximum atomic E-state index is 11.5. The lowest BCUT2D eigenvalue weighted by Gasteiger charge is -2.06. The van der Waals surface area contributed by atoms with Gasteiger partial charge in [0.15, 0.2) is 0 Å². The molecule has 1 heterocycles. The molecule has 0 aliphatic rings. The van der Waals surface area contributed by atoms with Gasteiger partial charge in [0.05, 0.1) is 0 Å². The molecule has 1 aromatic carbocycles. The molecule has 5 heteroatoms. The summed E-state index contributed by atoms with van der Waals surface area (Å²) in [5.41, 5.74) is 2.31. The van der Waals surface area contributed by atoms with Crippen LogP contribution in [0.4, 0.5) is 4.79 Å². The first-order chi connectivity index (χ1) is 11.1. The zero-order valence-corrected chi connectivity index (χ0v) is 13.0. The summed E-state index contributed by atoms with van der Waals surface area (Å²) < 4.78 is 5.10. The smallest absolute Gasteiger partial charge is 0.407 e. The average Bonchev–Trinajstić information content (AvgIpc) is 2.56. The Morgan fingerprint density at radius 1 is 1.26 bits per heavy atom. The molecule has 2 N–H and O–H groups in total. The summed E-state index contributed by atoms with van der Waals surface area (Å²) in [6.45, 7) is 2.57. The molecule has 5 nitrogen and oxygen atoms in total. The molecule has 0 radical (unpaired) electrons. The van der Waals surface area contributed by atoms with E-state index in [4.69, 9.17) is 4.74 Å². The third-order valence-electron chi connectivity index (χ3n) is 3.11. The van der Waals surface area contributed by atoms with Crippen LogP contribution in [0.5, 0.6) is 5.75 Å². The van der Waals surface area contributed by atoms with E-state index in [0.717, 1.165) is 11.3 Å². The fourth-order valence-corrected chi connectivity index (χ4v) is 1.92. The number of benzene rings is 1. The van der Waals surface area contributed by atoms with E-state index in [-0.39, 0.29) is 12.4 Å². The number of aromatic hydroxyl groups is 1. The Morgan fingerprint density at radius 2 is 2.04 bits per heavy atom. The number of amides is 1. The fourth-order valence-electron chi connectivity index (χ4n) is 1.92. The SMILES string of the molecule is Cc1ccc(O)c(C=CCCNC(=O)OCc2ccccc2)n1. The van der Waals surface area contributed by atoms with Gasteiger partial charge in [-0.2, -0.15) is 0 Å². The third-order valence-corrected chi connectivity index (χ3v) is 3.11. The Balaban J connectivity index is 1.67. The summed E-state index contributed by atoms with van der Waals surface area (Å²) in [7, 11) is 0. The number of rotatable bonds is 6. The van der Waals surface area contributed by atoms with Crippen molar-refractivity contribution in [1.29, 1.82) is 0 Å². The predicted molar refractivity (Wildman–Crippen MR) is 88.9 cm³/mol. The van der Waals surface area contributed by atoms with Gasteiger partial charge in [-0.15, -0.1) is 0 Å². The molecule has 0 fully saturated rings. The van der Waals surface area contributed by atoms with Crippen LogP contribution in [0.15, 0.2) is 48.5 Å². The van der Waals surface area contributed by atoms with Gasteiger partial charge in [0.25, 0.3) is 0 Å². The fraction of sp³-hybridized carbons (Fsp3) is 0.222. The number of hydrogen-bond donors (Lipinski definition) is 2. The molecule has 23 heavy (non-hydrogen) atoms. The molecule has 0 spiro atoms. The normalized spacial score (nSPS) is 10.7. The van der Waals surface area contributed by atoms with Crippen LogP contribution in [0.25, 0.3) is 6.08 Å². The van der Waals surface area contributed by atoms with E-state index in [9.17, 15) is 9.90 Å². The molecule has 0 unspecified atom stereocenters. The lowest BCUT2D eigenvalue weighted by molar-refractivity contribution is 0.140. The third kappa shape index (κ3) is 5.82. The first kappa shape index (κ1) is 16.5. The molecular weight excluding hydrogens is 292 g/mol. The van der Waals surface area contributed by atoms with Crippen molar-refractivity contribution in [3.05, 3.63) is 65.5 Å². The van der Waals surface area contributed by atoms with Gasteiger partial charge in [0.2, 0.25) is 0 Å². The second-order valence-electron chi connectivity index (χ2n) is 5.04. The number of carbonyl (C=O) groups is 1. The average molecular weight is 312 g/mol. The van der Waals surface area contributed by atoms with Crippen molar-refractivity contribution in [1.82, 2.24) is 10.3 Å². The van der Waals surface area contributed by atoms with Crippen molar-refractivity contribution >= 4 is 12.2 Å². The number of aromatic nitrogens is 1. The molecule has 1 amide bonds. The lowest BCUT2D eigenvalue weighted by Crippen LogP contribution is -2.24. The molecule has 2 rings (SSSR count). The summed E-state index contributed by atoms with van der Waals surface area (Å²) in [4.78, 5) is 15.8. The minimum absolute atomic E-state index is 0.141. The van der Waals surface area contributed by atoms with Gasteiger partial charge in [-0.25, -0.2) is 9.78 Å². The van der Waals surface area contributed by atoms with Crippen LogP contribution < -0.4 is 5.32 Å². The highest BCUT2D eigenvalue weighted by Gasteiger charge is 2.01. The Hall–Kier alpha value is -2.82. The number of hydrogen-bond acceptors (Lipinski definition) is 4. The molecule has 120 valence electrons. The van der Waals surface area contributed by atoms with Crippen molar-refractivity contribution in [2.45, 2.75) is 20.0 Å². The quantitative estimate of drug-likeness (QED) is 0.802. The number of nitrogens with one attached hydrogen (secondary N) is 1. The van der Waals surface area contributed by atoms with Crippen molar-refractivity contribution < 1.29 is 14.6 Å². The Kier molecular flexibility index (Phi) is 6.17. The molecule has 0 atom stereocenters. The lowest BCUT2D eigenvalue weighted by atomic mass is 10.2. The summed E-state index contributed by atoms with van der Waals surface area (Å²) in [6.07, 6.45) is 3.76. The van der Waals surface area contributed by atoms with E-state index >= 15 is 0 Å². The van der Waals surface area contributed by atoms with E-state index in [1.54, 1.807) is 18.2 Å². The summed E-state index contributed by atoms with van der Waals surface area (Å²) in [5.74, 6) is 0.141. The van der Waals surface area contributed by atoms with Crippen LogP contribution in [-0.2, 0) is 11.3 Å². The minimum Gasteiger partial charge on any atom is -0.506 e. The van der Waals surface area contributed by atoms with Gasteiger partial charge in [-0.3, -0.25) is 0 Å². The van der Waals surface area contributed by atoms with Crippen molar-refractivity contribution in [2.24, 2.45) is 0 Å². The van der Waals surface area contributed by atoms with Crippen LogP contribution in [0.2, 0.25) is 0 Å². The van der Waals surface area contributed by atoms with E-state index < -0.39 is 6.09 Å². The number of carbonyl (C=O) groups excluding carboxylic acids is 1. The number of nitrogens with zero attached hydrogens (tertiary/aromatic N) is 1. The molecule has 0 aliphatic heterocycles. The number of pyridine rings is 1. The maximum absolute atomic E-state index is 11.5. The standard InChI is InChI=1S/C18H20N2O3/c1-14-10-11-17(21)16(20-14)9-5-6-12-19-18(22)23-13-15-7-3-2-4-8-15/h2-5,7-11,21H,6,12-13H2,1H3,(H,19,22). The first-order valence-corrected chi connectivity index (χ1v) is 7.43. The minimum atomic E-state index is -0.446. The maximum Gasteiger partial charge on any atom is 0.407 e. The van der Waals surface area contributed by atoms with Crippen molar-refractivity contribution in [3.63, 3.8) is 0 Å². The zero-order chi connectivity index (χ0) is 16.5. The van der Waals surface area contributed by atoms with E-state index in [2.05, 4.69) is 10.3 Å². The first-order valence-electron chi connectivity index (χ1n) is 7.43. The highest BCUT2D eigenvalue weighted by atomic mass is 16.5. The van der Waals surface area contributed by atoms with Crippen LogP contribution >= 0.6 is 0 Å². The molecular formula is C18H20N2O3. The summed E-state index contributed by atoms with van der Waals surface area (Å²) >= 11 is 0. The second kappa shape index (κ2) is 8.58. The Morgan fingerprint density at radius 3 is 2.83 bits per heavy atom. The molecule has 0 aliphatic carbocycles. The summed E-state index contributed by atoms with van der Waals surface area (Å²) in [6, 6.07) is 12.9. The van der Waals surface area contributed by atoms with Gasteiger partial charge >= 0.3 is 6.09 Å². The van der Waals surface area contributed by atoms with Gasteiger partial charge in [0.1, 0.15) is 18.1 Å². The highest BCUT2D eigenvalue weighted by Crippen LogP contribution is 2.16. The van der Waals surface area contributed by atoms with Crippen molar-refractivity contribution in [3.8, 4) is 5.75 Å². The van der Waals surface area contributed by atoms with Gasteiger partial charge < -0.3 is 15.2 Å². The van der Waals surface area contributed by atoms with Crippen LogP contribution in [0.1, 0.15) is 23.4 Å². The van der Waals surface area contributed by atoms with Crippen LogP contribution in [0, 0.1) is 6.92 Å². The second-order valence-corrected chi connectivity index (χ2v) is 5.04. The Bertz CT molecular complexity index is 669. The largest absolute Gasteiger partial charge is 0.506 e. The number of alkyl carbamates (subject to hydrolysis) is 1. The zero-order valence-electron chi connectivity index (χ0n) is 13.0. The molecule has 2 aromatic rings. The molecule has 1 aromatic heterocycles. The van der Waals surface area contributed by atoms with Gasteiger partial charge in [-0.1, -0.05) is 36.4 Å². The molecule has 0 saturated heterocycles. The van der Waals surface area contributed by atoms with E-state index in [0.29, 0.717) is 18.7 Å². The topological polar surface area (TPSA) is 71.5 Å². The molecule has 0 saturated carbocycles. The van der Waals surface area contributed by atoms with E-state index in [1.165, 1.54) is 0 Å². The van der Waals surface area contributed by atoms with Gasteiger partial charge in [-0.05, 0) is 37.1 Å². The molecule has 0 bridgehead atoms. The number of aryl methyl sites for hydroxylation is 1. The Labute approximate surface area is 135 Å². The van der Waals surface area contributed by atoms with Crippen LogP contribution in [-0.4, -0.2) is 22.7 Å². The monoisotopic (exact) mass is 312 g/mol. The number of ether oxygens (including phenoxy) is 1. The predicted octanol–water partition coefficient (Wildman–Crippen LogP) is 3.43. The summed E-state index contributed by atoms with van der Waals surface area (Å²) in [5, 5.41) is 12.3. The van der Waals surface area contributed by atoms with Crippen LogP contribution in [0.3, 0.4) is 0 Å². The van der Waals surface area contributed by atoms with Gasteiger partial charge in [0, 0.05) is 12.2 Å². The van der Waals surface area contributed by atoms with Crippen molar-refractivity contribution in [2.75, 3.05) is 6.54 Å².